The van der Waals surface area contributed by atoms with E-state index in [4.69, 9.17) is 15.0 Å². The highest BCUT2D eigenvalue weighted by Gasteiger charge is 2.25. The minimum absolute atomic E-state index is 0.555. The zero-order valence-corrected chi connectivity index (χ0v) is 34.6. The van der Waals surface area contributed by atoms with Crippen molar-refractivity contribution < 1.29 is 0 Å². The molecule has 0 spiro atoms. The molecule has 3 aromatic heterocycles. The molecule has 0 atom stereocenters. The van der Waals surface area contributed by atoms with Crippen LogP contribution in [0.25, 0.3) is 122 Å². The van der Waals surface area contributed by atoms with Crippen molar-refractivity contribution in [3.63, 3.8) is 0 Å². The summed E-state index contributed by atoms with van der Waals surface area (Å²) in [6.45, 7) is 0. The maximum absolute atomic E-state index is 5.53. The number of para-hydroxylation sites is 2. The molecule has 0 N–H and O–H groups in total. The first-order chi connectivity index (χ1) is 31.8. The van der Waals surface area contributed by atoms with Crippen LogP contribution in [0.5, 0.6) is 0 Å². The fourth-order valence-corrected chi connectivity index (χ4v) is 9.89. The van der Waals surface area contributed by atoms with E-state index in [-0.39, 0.29) is 0 Å². The number of benzene rings is 10. The zero-order valence-electron chi connectivity index (χ0n) is 34.6. The smallest absolute Gasteiger partial charge is 0.238 e. The maximum atomic E-state index is 5.53. The average molecular weight is 816 g/mol. The van der Waals surface area contributed by atoms with Crippen LogP contribution in [0.1, 0.15) is 0 Å². The van der Waals surface area contributed by atoms with Crippen LogP contribution < -0.4 is 0 Å². The molecule has 0 unspecified atom stereocenters. The van der Waals surface area contributed by atoms with Crippen LogP contribution in [-0.2, 0) is 0 Å². The Balaban J connectivity index is 1.17. The molecule has 5 heteroatoms. The molecule has 0 aliphatic rings. The third kappa shape index (κ3) is 5.61. The van der Waals surface area contributed by atoms with E-state index < -0.39 is 0 Å². The first kappa shape index (κ1) is 36.0. The highest BCUT2D eigenvalue weighted by Crippen LogP contribution is 2.44. The molecule has 0 fully saturated rings. The van der Waals surface area contributed by atoms with Gasteiger partial charge in [-0.15, -0.1) is 0 Å². The Hall–Kier alpha value is -8.67. The third-order valence-corrected chi connectivity index (χ3v) is 12.8. The summed E-state index contributed by atoms with van der Waals surface area (Å²) in [4.78, 5) is 16.3. The number of fused-ring (bicyclic) bond motifs is 10. The first-order valence-electron chi connectivity index (χ1n) is 21.7. The summed E-state index contributed by atoms with van der Waals surface area (Å²) in [7, 11) is 0. The first-order valence-corrected chi connectivity index (χ1v) is 21.7. The van der Waals surface area contributed by atoms with Gasteiger partial charge in [0.05, 0.1) is 27.8 Å². The second-order valence-corrected chi connectivity index (χ2v) is 16.4. The Morgan fingerprint density at radius 1 is 0.281 bits per heavy atom. The van der Waals surface area contributed by atoms with E-state index in [9.17, 15) is 0 Å². The van der Waals surface area contributed by atoms with Gasteiger partial charge in [0, 0.05) is 38.2 Å². The van der Waals surface area contributed by atoms with Gasteiger partial charge in [-0.1, -0.05) is 194 Å². The molecule has 0 saturated heterocycles. The molecule has 0 aliphatic heterocycles. The van der Waals surface area contributed by atoms with Gasteiger partial charge in [0.2, 0.25) is 5.95 Å². The third-order valence-electron chi connectivity index (χ3n) is 12.8. The van der Waals surface area contributed by atoms with Gasteiger partial charge in [-0.3, -0.25) is 4.57 Å². The average Bonchev–Trinajstić information content (AvgIpc) is 3.90. The highest BCUT2D eigenvalue weighted by atomic mass is 15.2. The monoisotopic (exact) mass is 815 g/mol. The molecular weight excluding hydrogens is 779 g/mol. The number of rotatable bonds is 6. The lowest BCUT2D eigenvalue weighted by Crippen LogP contribution is -2.07. The van der Waals surface area contributed by atoms with Crippen LogP contribution in [0.2, 0.25) is 0 Å². The quantitative estimate of drug-likeness (QED) is 0.157. The largest absolute Gasteiger partial charge is 0.307 e. The van der Waals surface area contributed by atoms with Crippen LogP contribution in [0.4, 0.5) is 0 Å². The fourth-order valence-electron chi connectivity index (χ4n) is 9.89. The molecular formula is C59H37N5. The van der Waals surface area contributed by atoms with Crippen molar-refractivity contribution in [2.45, 2.75) is 0 Å². The van der Waals surface area contributed by atoms with Crippen molar-refractivity contribution >= 4 is 65.2 Å². The van der Waals surface area contributed by atoms with E-state index in [0.717, 1.165) is 87.9 Å². The number of hydrogen-bond donors (Lipinski definition) is 0. The predicted octanol–water partition coefficient (Wildman–Crippen LogP) is 15.0. The number of hydrogen-bond acceptors (Lipinski definition) is 3. The van der Waals surface area contributed by atoms with Gasteiger partial charge in [0.15, 0.2) is 11.6 Å². The van der Waals surface area contributed by atoms with Crippen molar-refractivity contribution in [3.05, 3.63) is 224 Å². The summed E-state index contributed by atoms with van der Waals surface area (Å²) in [6.07, 6.45) is 0. The van der Waals surface area contributed by atoms with Crippen molar-refractivity contribution in [2.75, 3.05) is 0 Å². The SMILES string of the molecule is c1ccc(-c2ccc(-n3c4ccccc4c4ccc5c6ccccc6n(-c6nc(-c7ccccc7)nc(-c7cc8ccccc8c8ccccc78)n6)c5c43)c(-c3ccccc3)c2)cc1. The number of nitrogens with zero attached hydrogens (tertiary/aromatic N) is 5. The van der Waals surface area contributed by atoms with E-state index in [2.05, 4.69) is 215 Å². The van der Waals surface area contributed by atoms with E-state index in [0.29, 0.717) is 17.6 Å². The van der Waals surface area contributed by atoms with E-state index in [1.807, 2.05) is 18.2 Å². The summed E-state index contributed by atoms with van der Waals surface area (Å²) < 4.78 is 4.75. The fraction of sp³-hybridized carbons (Fsp3) is 0. The molecule has 10 aromatic carbocycles. The van der Waals surface area contributed by atoms with Gasteiger partial charge < -0.3 is 4.57 Å². The van der Waals surface area contributed by atoms with Crippen LogP contribution >= 0.6 is 0 Å². The molecule has 0 amide bonds. The molecule has 0 saturated carbocycles. The second kappa shape index (κ2) is 14.5. The van der Waals surface area contributed by atoms with Gasteiger partial charge in [0.1, 0.15) is 0 Å². The van der Waals surface area contributed by atoms with Crippen molar-refractivity contribution in [1.82, 2.24) is 24.1 Å². The molecule has 64 heavy (non-hydrogen) atoms. The molecule has 0 bridgehead atoms. The van der Waals surface area contributed by atoms with Gasteiger partial charge in [0.25, 0.3) is 0 Å². The lowest BCUT2D eigenvalue weighted by Gasteiger charge is -2.17. The minimum Gasteiger partial charge on any atom is -0.307 e. The van der Waals surface area contributed by atoms with Gasteiger partial charge >= 0.3 is 0 Å². The number of aromatic nitrogens is 5. The van der Waals surface area contributed by atoms with Crippen molar-refractivity contribution in [2.24, 2.45) is 0 Å². The summed E-state index contributed by atoms with van der Waals surface area (Å²) in [5.74, 6) is 1.78. The molecule has 13 aromatic rings. The molecule has 298 valence electrons. The standard InChI is InChI=1S/C59H37N5/c1-4-18-38(19-5-1)41-32-35-54(50(36-41)39-20-6-2-7-21-39)63-52-30-16-14-28-46(52)48-33-34-49-47-29-15-17-31-53(47)64(56(49)55(48)63)59-61-57(40-22-8-3-9-23-40)60-58(62-59)51-37-42-24-10-11-25-43(42)44-26-12-13-27-45(44)51/h1-37H. The molecule has 13 rings (SSSR count). The van der Waals surface area contributed by atoms with E-state index in [1.54, 1.807) is 0 Å². The van der Waals surface area contributed by atoms with Crippen LogP contribution in [-0.4, -0.2) is 24.1 Å². The Labute approximate surface area is 368 Å². The maximum Gasteiger partial charge on any atom is 0.238 e. The normalized spacial score (nSPS) is 11.8. The Morgan fingerprint density at radius 3 is 1.48 bits per heavy atom. The van der Waals surface area contributed by atoms with Gasteiger partial charge in [-0.25, -0.2) is 4.98 Å². The lowest BCUT2D eigenvalue weighted by atomic mass is 9.97. The highest BCUT2D eigenvalue weighted by molar-refractivity contribution is 6.24. The summed E-state index contributed by atoms with van der Waals surface area (Å²) in [6, 6.07) is 79.9. The van der Waals surface area contributed by atoms with Crippen LogP contribution in [0.15, 0.2) is 224 Å². The molecule has 3 heterocycles. The molecule has 0 aliphatic carbocycles. The Morgan fingerprint density at radius 2 is 0.797 bits per heavy atom. The van der Waals surface area contributed by atoms with E-state index >= 15 is 0 Å². The van der Waals surface area contributed by atoms with E-state index in [1.165, 1.54) is 16.3 Å². The predicted molar refractivity (Wildman–Crippen MR) is 265 cm³/mol. The van der Waals surface area contributed by atoms with Gasteiger partial charge in [-0.05, 0) is 68.6 Å². The van der Waals surface area contributed by atoms with Gasteiger partial charge in [-0.2, -0.15) is 9.97 Å². The van der Waals surface area contributed by atoms with Crippen molar-refractivity contribution in [1.29, 1.82) is 0 Å². The summed E-state index contributed by atoms with van der Waals surface area (Å²) >= 11 is 0. The lowest BCUT2D eigenvalue weighted by molar-refractivity contribution is 0.954. The second-order valence-electron chi connectivity index (χ2n) is 16.4. The van der Waals surface area contributed by atoms with Crippen LogP contribution in [0.3, 0.4) is 0 Å². The van der Waals surface area contributed by atoms with Crippen molar-refractivity contribution in [3.8, 4) is 56.7 Å². The zero-order chi connectivity index (χ0) is 42.1. The summed E-state index contributed by atoms with van der Waals surface area (Å²) in [5.41, 5.74) is 11.8. The molecule has 0 radical (unpaired) electrons. The Kier molecular flexibility index (Phi) is 8.15. The topological polar surface area (TPSA) is 48.5 Å². The Bertz CT molecular complexity index is 3940. The van der Waals surface area contributed by atoms with Crippen LogP contribution in [0, 0.1) is 0 Å². The minimum atomic E-state index is 0.555. The molecule has 5 nitrogen and oxygen atoms in total. The summed E-state index contributed by atoms with van der Waals surface area (Å²) in [5, 5.41) is 9.15.